The molecule has 5 rings (SSSR count). The fourth-order valence-electron chi connectivity index (χ4n) is 4.21. The quantitative estimate of drug-likeness (QED) is 0.427. The summed E-state index contributed by atoms with van der Waals surface area (Å²) in [6, 6.07) is 14.5. The molecule has 1 aliphatic carbocycles. The van der Waals surface area contributed by atoms with Crippen LogP contribution in [0.2, 0.25) is 0 Å². The first-order valence-electron chi connectivity index (χ1n) is 8.29. The molecule has 0 fully saturated rings. The van der Waals surface area contributed by atoms with Gasteiger partial charge in [0.2, 0.25) is 0 Å². The molecule has 1 aliphatic rings. The molecule has 2 aromatic carbocycles. The lowest BCUT2D eigenvalue weighted by Crippen LogP contribution is -2.22. The molecule has 0 saturated carbocycles. The summed E-state index contributed by atoms with van der Waals surface area (Å²) in [5, 5.41) is 1.33. The second-order valence-corrected chi connectivity index (χ2v) is 6.60. The van der Waals surface area contributed by atoms with Crippen molar-refractivity contribution in [2.75, 3.05) is 0 Å². The van der Waals surface area contributed by atoms with E-state index in [9.17, 15) is 13.2 Å². The van der Waals surface area contributed by atoms with Gasteiger partial charge >= 0.3 is 6.18 Å². The van der Waals surface area contributed by atoms with Crippen LogP contribution in [0.5, 0.6) is 0 Å². The van der Waals surface area contributed by atoms with Gasteiger partial charge in [-0.15, -0.1) is 0 Å². The van der Waals surface area contributed by atoms with E-state index in [-0.39, 0.29) is 0 Å². The molecule has 0 amide bonds. The number of alkyl halides is 3. The monoisotopic (exact) mass is 340 g/mol. The lowest BCUT2D eigenvalue weighted by atomic mass is 9.88. The minimum atomic E-state index is -4.36. The first-order valence-corrected chi connectivity index (χ1v) is 8.29. The maximum absolute atomic E-state index is 14.3. The lowest BCUT2D eigenvalue weighted by molar-refractivity contribution is -0.140. The number of benzene rings is 2. The van der Waals surface area contributed by atoms with Gasteiger partial charge in [-0.25, -0.2) is 0 Å². The van der Waals surface area contributed by atoms with Gasteiger partial charge in [-0.1, -0.05) is 36.4 Å². The molecule has 2 N–H and O–H groups in total. The highest BCUT2D eigenvalue weighted by Crippen LogP contribution is 2.49. The topological polar surface area (TPSA) is 31.6 Å². The standard InChI is InChI=1S/C20H15F3N2/c21-20(22,23)19-17-11-5-1-3-7-13(11)24-15(17)9-10-16-18(19)12-6-2-4-8-14(12)25-16/h1-8,19,24-25H,9-10H2. The summed E-state index contributed by atoms with van der Waals surface area (Å²) in [5.41, 5.74) is 3.68. The van der Waals surface area contributed by atoms with E-state index in [1.165, 1.54) is 0 Å². The van der Waals surface area contributed by atoms with Crippen molar-refractivity contribution in [1.82, 2.24) is 9.97 Å². The zero-order valence-electron chi connectivity index (χ0n) is 13.2. The van der Waals surface area contributed by atoms with Crippen LogP contribution in [0.25, 0.3) is 21.8 Å². The van der Waals surface area contributed by atoms with Gasteiger partial charge in [-0.2, -0.15) is 13.2 Å². The Morgan fingerprint density at radius 2 is 1.16 bits per heavy atom. The van der Waals surface area contributed by atoms with E-state index >= 15 is 0 Å². The molecule has 0 atom stereocenters. The van der Waals surface area contributed by atoms with Crippen LogP contribution in [0, 0.1) is 0 Å². The minimum absolute atomic E-state index is 0.381. The summed E-state index contributed by atoms with van der Waals surface area (Å²) in [6.45, 7) is 0. The van der Waals surface area contributed by atoms with Gasteiger partial charge in [0, 0.05) is 33.2 Å². The van der Waals surface area contributed by atoms with Crippen molar-refractivity contribution >= 4 is 21.8 Å². The van der Waals surface area contributed by atoms with Gasteiger partial charge in [-0.05, 0) is 36.1 Å². The lowest BCUT2D eigenvalue weighted by Gasteiger charge is -2.21. The normalized spacial score (nSPS) is 15.3. The molecule has 4 aromatic rings. The molecule has 0 unspecified atom stereocenters. The number of aromatic amines is 2. The van der Waals surface area contributed by atoms with Crippen LogP contribution in [0.15, 0.2) is 48.5 Å². The molecule has 0 radical (unpaired) electrons. The summed E-state index contributed by atoms with van der Waals surface area (Å²) in [6.07, 6.45) is -3.23. The zero-order valence-corrected chi connectivity index (χ0v) is 13.2. The summed E-state index contributed by atoms with van der Waals surface area (Å²) < 4.78 is 42.8. The predicted molar refractivity (Wildman–Crippen MR) is 91.9 cm³/mol. The number of hydrogen-bond donors (Lipinski definition) is 2. The second-order valence-electron chi connectivity index (χ2n) is 6.60. The molecule has 126 valence electrons. The number of H-pyrrole nitrogens is 2. The van der Waals surface area contributed by atoms with Crippen molar-refractivity contribution in [2.24, 2.45) is 0 Å². The van der Waals surface area contributed by atoms with Gasteiger partial charge in [0.25, 0.3) is 0 Å². The fourth-order valence-corrected chi connectivity index (χ4v) is 4.21. The van der Waals surface area contributed by atoms with Crippen LogP contribution in [0.1, 0.15) is 28.4 Å². The van der Waals surface area contributed by atoms with Gasteiger partial charge < -0.3 is 9.97 Å². The number of rotatable bonds is 0. The highest BCUT2D eigenvalue weighted by atomic mass is 19.4. The third-order valence-corrected chi connectivity index (χ3v) is 5.19. The fraction of sp³-hybridized carbons (Fsp3) is 0.200. The largest absolute Gasteiger partial charge is 0.399 e. The van der Waals surface area contributed by atoms with E-state index in [1.54, 1.807) is 24.3 Å². The Labute approximate surface area is 141 Å². The maximum atomic E-state index is 14.3. The number of para-hydroxylation sites is 2. The summed E-state index contributed by atoms with van der Waals surface area (Å²) >= 11 is 0. The smallest absolute Gasteiger partial charge is 0.358 e. The Hall–Kier alpha value is -2.69. The molecule has 0 spiro atoms. The summed E-state index contributed by atoms with van der Waals surface area (Å²) in [5.74, 6) is -1.62. The molecule has 0 aliphatic heterocycles. The predicted octanol–water partition coefficient (Wildman–Crippen LogP) is 5.44. The number of halogens is 3. The SMILES string of the molecule is FC(F)(F)C1c2c([nH]c3ccccc23)CCc2[nH]c3ccccc3c21. The Morgan fingerprint density at radius 1 is 0.720 bits per heavy atom. The molecule has 5 heteroatoms. The Bertz CT molecular complexity index is 1020. The van der Waals surface area contributed by atoms with Crippen molar-refractivity contribution < 1.29 is 13.2 Å². The molecule has 25 heavy (non-hydrogen) atoms. The van der Waals surface area contributed by atoms with E-state index in [1.807, 2.05) is 24.3 Å². The van der Waals surface area contributed by atoms with E-state index in [0.717, 1.165) is 11.0 Å². The van der Waals surface area contributed by atoms with E-state index in [4.69, 9.17) is 0 Å². The van der Waals surface area contributed by atoms with E-state index < -0.39 is 12.1 Å². The summed E-state index contributed by atoms with van der Waals surface area (Å²) in [7, 11) is 0. The Balaban J connectivity index is 1.90. The van der Waals surface area contributed by atoms with E-state index in [2.05, 4.69) is 9.97 Å². The number of hydrogen-bond acceptors (Lipinski definition) is 0. The van der Waals surface area contributed by atoms with Crippen LogP contribution in [0.3, 0.4) is 0 Å². The number of fused-ring (bicyclic) bond motifs is 6. The highest BCUT2D eigenvalue weighted by molar-refractivity contribution is 5.90. The van der Waals surface area contributed by atoms with Crippen molar-refractivity contribution in [3.63, 3.8) is 0 Å². The van der Waals surface area contributed by atoms with Gasteiger partial charge in [-0.3, -0.25) is 0 Å². The Kier molecular flexibility index (Phi) is 2.87. The van der Waals surface area contributed by atoms with Crippen molar-refractivity contribution in [1.29, 1.82) is 0 Å². The first-order chi connectivity index (χ1) is 12.0. The van der Waals surface area contributed by atoms with Gasteiger partial charge in [0.15, 0.2) is 0 Å². The third kappa shape index (κ3) is 2.05. The van der Waals surface area contributed by atoms with Crippen LogP contribution >= 0.6 is 0 Å². The average Bonchev–Trinajstić information content (AvgIpc) is 3.07. The number of nitrogens with one attached hydrogen (secondary N) is 2. The van der Waals surface area contributed by atoms with E-state index in [0.29, 0.717) is 46.1 Å². The van der Waals surface area contributed by atoms with Gasteiger partial charge in [0.05, 0.1) is 0 Å². The average molecular weight is 340 g/mol. The highest BCUT2D eigenvalue weighted by Gasteiger charge is 2.47. The van der Waals surface area contributed by atoms with Gasteiger partial charge in [0.1, 0.15) is 5.92 Å². The molecular formula is C20H15F3N2. The molecule has 0 bridgehead atoms. The minimum Gasteiger partial charge on any atom is -0.358 e. The third-order valence-electron chi connectivity index (χ3n) is 5.19. The number of aromatic nitrogens is 2. The van der Waals surface area contributed by atoms with Crippen LogP contribution in [-0.4, -0.2) is 16.1 Å². The molecule has 2 aromatic heterocycles. The van der Waals surface area contributed by atoms with Crippen molar-refractivity contribution in [3.8, 4) is 0 Å². The zero-order chi connectivity index (χ0) is 17.2. The Morgan fingerprint density at radius 3 is 1.60 bits per heavy atom. The van der Waals surface area contributed by atoms with Crippen LogP contribution < -0.4 is 0 Å². The van der Waals surface area contributed by atoms with Crippen LogP contribution in [-0.2, 0) is 12.8 Å². The molecule has 0 saturated heterocycles. The van der Waals surface area contributed by atoms with Crippen molar-refractivity contribution in [3.05, 3.63) is 71.0 Å². The first kappa shape index (κ1) is 14.6. The molecule has 2 heterocycles. The molecule has 2 nitrogen and oxygen atoms in total. The van der Waals surface area contributed by atoms with Crippen LogP contribution in [0.4, 0.5) is 13.2 Å². The molecular weight excluding hydrogens is 325 g/mol. The summed E-state index contributed by atoms with van der Waals surface area (Å²) in [4.78, 5) is 6.43. The maximum Gasteiger partial charge on any atom is 0.399 e. The number of aryl methyl sites for hydroxylation is 2. The second kappa shape index (κ2) is 4.91. The van der Waals surface area contributed by atoms with Crippen molar-refractivity contribution in [2.45, 2.75) is 24.9 Å².